The van der Waals surface area contributed by atoms with E-state index in [9.17, 15) is 9.90 Å². The van der Waals surface area contributed by atoms with Crippen molar-refractivity contribution in [3.05, 3.63) is 18.3 Å². The molecule has 0 aliphatic carbocycles. The smallest absolute Gasteiger partial charge is 0.230 e. The SMILES string of the molecule is C[C@H]1OCCC[C@@H]1C(=O)Nc1cccnc1N1CCC(CO)CC1. The van der Waals surface area contributed by atoms with Crippen LogP contribution in [0.5, 0.6) is 0 Å². The predicted octanol–water partition coefficient (Wildman–Crippen LogP) is 2.04. The van der Waals surface area contributed by atoms with Crippen LogP contribution in [0.3, 0.4) is 0 Å². The Morgan fingerprint density at radius 2 is 2.21 bits per heavy atom. The van der Waals surface area contributed by atoms with Crippen LogP contribution in [-0.2, 0) is 9.53 Å². The molecule has 2 saturated heterocycles. The molecule has 2 atom stereocenters. The highest BCUT2D eigenvalue weighted by Gasteiger charge is 2.30. The number of ether oxygens (including phenoxy) is 1. The standard InChI is InChI=1S/C18H27N3O3/c1-13-15(4-3-11-24-13)18(23)20-16-5-2-8-19-17(16)21-9-6-14(12-22)7-10-21/h2,5,8,13-15,22H,3-4,6-7,9-12H2,1H3,(H,20,23)/t13-,15+/m1/s1. The number of aliphatic hydroxyl groups excluding tert-OH is 1. The number of nitrogens with zero attached hydrogens (tertiary/aromatic N) is 2. The summed E-state index contributed by atoms with van der Waals surface area (Å²) in [7, 11) is 0. The van der Waals surface area contributed by atoms with E-state index in [1.54, 1.807) is 6.20 Å². The number of carbonyl (C=O) groups excluding carboxylic acids is 1. The first-order chi connectivity index (χ1) is 11.7. The summed E-state index contributed by atoms with van der Waals surface area (Å²) in [5.74, 6) is 1.11. The Hall–Kier alpha value is -1.66. The topological polar surface area (TPSA) is 74.7 Å². The molecule has 2 N–H and O–H groups in total. The molecular formula is C18H27N3O3. The van der Waals surface area contributed by atoms with Gasteiger partial charge in [-0.2, -0.15) is 0 Å². The summed E-state index contributed by atoms with van der Waals surface area (Å²) >= 11 is 0. The highest BCUT2D eigenvalue weighted by atomic mass is 16.5. The van der Waals surface area contributed by atoms with E-state index in [0.29, 0.717) is 5.92 Å². The van der Waals surface area contributed by atoms with Gasteiger partial charge in [-0.05, 0) is 50.7 Å². The average Bonchev–Trinajstić information content (AvgIpc) is 2.62. The van der Waals surface area contributed by atoms with Gasteiger partial charge in [-0.3, -0.25) is 4.79 Å². The van der Waals surface area contributed by atoms with Crippen molar-refractivity contribution in [2.75, 3.05) is 36.5 Å². The fraction of sp³-hybridized carbons (Fsp3) is 0.667. The zero-order valence-corrected chi connectivity index (χ0v) is 14.3. The summed E-state index contributed by atoms with van der Waals surface area (Å²) in [6, 6.07) is 3.76. The van der Waals surface area contributed by atoms with Crippen molar-refractivity contribution < 1.29 is 14.6 Å². The zero-order chi connectivity index (χ0) is 16.9. The fourth-order valence-corrected chi connectivity index (χ4v) is 3.57. The predicted molar refractivity (Wildman–Crippen MR) is 93.0 cm³/mol. The molecule has 3 heterocycles. The number of piperidine rings is 1. The van der Waals surface area contributed by atoms with Crippen LogP contribution in [-0.4, -0.2) is 48.4 Å². The number of anilines is 2. The van der Waals surface area contributed by atoms with E-state index >= 15 is 0 Å². The van der Waals surface area contributed by atoms with E-state index in [1.165, 1.54) is 0 Å². The molecule has 1 aromatic rings. The van der Waals surface area contributed by atoms with Gasteiger partial charge in [0.2, 0.25) is 5.91 Å². The number of hydrogen-bond donors (Lipinski definition) is 2. The van der Waals surface area contributed by atoms with Crippen LogP contribution in [0.15, 0.2) is 18.3 Å². The molecule has 2 aliphatic rings. The maximum Gasteiger partial charge on any atom is 0.230 e. The minimum absolute atomic E-state index is 0.0155. The first-order valence-electron chi connectivity index (χ1n) is 8.92. The van der Waals surface area contributed by atoms with Crippen LogP contribution in [0.4, 0.5) is 11.5 Å². The lowest BCUT2D eigenvalue weighted by atomic mass is 9.94. The molecule has 3 rings (SSSR count). The van der Waals surface area contributed by atoms with E-state index in [-0.39, 0.29) is 24.5 Å². The zero-order valence-electron chi connectivity index (χ0n) is 14.3. The van der Waals surface area contributed by atoms with Gasteiger partial charge < -0.3 is 20.1 Å². The summed E-state index contributed by atoms with van der Waals surface area (Å²) in [6.07, 6.45) is 5.41. The van der Waals surface area contributed by atoms with Gasteiger partial charge in [0.05, 0.1) is 17.7 Å². The fourth-order valence-electron chi connectivity index (χ4n) is 3.57. The normalized spacial score (nSPS) is 25.5. The Morgan fingerprint density at radius 1 is 1.42 bits per heavy atom. The first-order valence-corrected chi connectivity index (χ1v) is 8.92. The maximum atomic E-state index is 12.6. The lowest BCUT2D eigenvalue weighted by Crippen LogP contribution is -2.38. The summed E-state index contributed by atoms with van der Waals surface area (Å²) < 4.78 is 5.61. The molecule has 24 heavy (non-hydrogen) atoms. The number of aromatic nitrogens is 1. The number of carbonyl (C=O) groups is 1. The molecule has 132 valence electrons. The lowest BCUT2D eigenvalue weighted by Gasteiger charge is -2.33. The number of pyridine rings is 1. The van der Waals surface area contributed by atoms with Gasteiger partial charge in [0.25, 0.3) is 0 Å². The van der Waals surface area contributed by atoms with Crippen LogP contribution in [0.1, 0.15) is 32.6 Å². The van der Waals surface area contributed by atoms with Crippen molar-refractivity contribution in [1.82, 2.24) is 4.98 Å². The van der Waals surface area contributed by atoms with E-state index < -0.39 is 0 Å². The Labute approximate surface area is 143 Å². The third-order valence-electron chi connectivity index (χ3n) is 5.16. The molecule has 6 nitrogen and oxygen atoms in total. The molecular weight excluding hydrogens is 306 g/mol. The number of hydrogen-bond acceptors (Lipinski definition) is 5. The van der Waals surface area contributed by atoms with E-state index in [4.69, 9.17) is 4.74 Å². The number of rotatable bonds is 4. The van der Waals surface area contributed by atoms with Crippen molar-refractivity contribution in [3.63, 3.8) is 0 Å². The van der Waals surface area contributed by atoms with Gasteiger partial charge >= 0.3 is 0 Å². The van der Waals surface area contributed by atoms with Crippen LogP contribution >= 0.6 is 0 Å². The number of aliphatic hydroxyl groups is 1. The molecule has 6 heteroatoms. The Kier molecular flexibility index (Phi) is 5.68. The highest BCUT2D eigenvalue weighted by molar-refractivity contribution is 5.95. The van der Waals surface area contributed by atoms with E-state index in [2.05, 4.69) is 15.2 Å². The molecule has 0 bridgehead atoms. The van der Waals surface area contributed by atoms with Crippen molar-refractivity contribution in [1.29, 1.82) is 0 Å². The van der Waals surface area contributed by atoms with Gasteiger partial charge in [-0.15, -0.1) is 0 Å². The van der Waals surface area contributed by atoms with Gasteiger partial charge in [0.1, 0.15) is 0 Å². The quantitative estimate of drug-likeness (QED) is 0.882. The van der Waals surface area contributed by atoms with Gasteiger partial charge in [0.15, 0.2) is 5.82 Å². The molecule has 0 spiro atoms. The number of amides is 1. The summed E-state index contributed by atoms with van der Waals surface area (Å²) in [5, 5.41) is 12.3. The van der Waals surface area contributed by atoms with Crippen LogP contribution < -0.4 is 10.2 Å². The maximum absolute atomic E-state index is 12.6. The first kappa shape index (κ1) is 17.2. The van der Waals surface area contributed by atoms with Gasteiger partial charge in [-0.1, -0.05) is 0 Å². The molecule has 0 radical (unpaired) electrons. The third-order valence-corrected chi connectivity index (χ3v) is 5.16. The monoisotopic (exact) mass is 333 g/mol. The van der Waals surface area contributed by atoms with E-state index in [0.717, 1.165) is 56.9 Å². The molecule has 2 aliphatic heterocycles. The lowest BCUT2D eigenvalue weighted by molar-refractivity contribution is -0.127. The van der Waals surface area contributed by atoms with Gasteiger partial charge in [0, 0.05) is 32.5 Å². The Morgan fingerprint density at radius 3 is 2.92 bits per heavy atom. The Bertz CT molecular complexity index is 558. The second kappa shape index (κ2) is 7.94. The average molecular weight is 333 g/mol. The molecule has 1 aromatic heterocycles. The van der Waals surface area contributed by atoms with Crippen molar-refractivity contribution in [2.24, 2.45) is 11.8 Å². The van der Waals surface area contributed by atoms with Crippen molar-refractivity contribution in [3.8, 4) is 0 Å². The molecule has 2 fully saturated rings. The summed E-state index contributed by atoms with van der Waals surface area (Å²) in [4.78, 5) is 19.3. The van der Waals surface area contributed by atoms with Crippen LogP contribution in [0.25, 0.3) is 0 Å². The molecule has 0 aromatic carbocycles. The molecule has 0 unspecified atom stereocenters. The highest BCUT2D eigenvalue weighted by Crippen LogP contribution is 2.29. The van der Waals surface area contributed by atoms with E-state index in [1.807, 2.05) is 19.1 Å². The second-order valence-corrected chi connectivity index (χ2v) is 6.80. The minimum atomic E-state index is -0.105. The number of nitrogens with one attached hydrogen (secondary N) is 1. The minimum Gasteiger partial charge on any atom is -0.396 e. The van der Waals surface area contributed by atoms with Gasteiger partial charge in [-0.25, -0.2) is 4.98 Å². The van der Waals surface area contributed by atoms with Crippen molar-refractivity contribution in [2.45, 2.75) is 38.7 Å². The summed E-state index contributed by atoms with van der Waals surface area (Å²) in [5.41, 5.74) is 0.766. The largest absolute Gasteiger partial charge is 0.396 e. The third kappa shape index (κ3) is 3.87. The van der Waals surface area contributed by atoms with Crippen molar-refractivity contribution >= 4 is 17.4 Å². The summed E-state index contributed by atoms with van der Waals surface area (Å²) in [6.45, 7) is 4.66. The second-order valence-electron chi connectivity index (χ2n) is 6.80. The van der Waals surface area contributed by atoms with Crippen LogP contribution in [0.2, 0.25) is 0 Å². The Balaban J connectivity index is 1.69. The van der Waals surface area contributed by atoms with Crippen LogP contribution in [0, 0.1) is 11.8 Å². The molecule has 1 amide bonds. The molecule has 0 saturated carbocycles.